The Morgan fingerprint density at radius 3 is 2.68 bits per heavy atom. The quantitative estimate of drug-likeness (QED) is 0.632. The largest absolute Gasteiger partial charge is 0.490 e. The lowest BCUT2D eigenvalue weighted by molar-refractivity contribution is -0.385. The van der Waals surface area contributed by atoms with Crippen molar-refractivity contribution < 1.29 is 14.4 Å². The molecule has 0 spiro atoms. The molecule has 0 aliphatic carbocycles. The van der Waals surface area contributed by atoms with Crippen LogP contribution in [0.4, 0.5) is 11.4 Å². The summed E-state index contributed by atoms with van der Waals surface area (Å²) in [5.74, 6) is 0.974. The van der Waals surface area contributed by atoms with Gasteiger partial charge in [0.15, 0.2) is 5.75 Å². The molecule has 2 fully saturated rings. The van der Waals surface area contributed by atoms with Crippen molar-refractivity contribution in [1.29, 1.82) is 0 Å². The molecule has 1 unspecified atom stereocenters. The van der Waals surface area contributed by atoms with E-state index >= 15 is 0 Å². The zero-order valence-electron chi connectivity index (χ0n) is 12.9. The number of anilines is 1. The van der Waals surface area contributed by atoms with Gasteiger partial charge in [0.1, 0.15) is 0 Å². The predicted molar refractivity (Wildman–Crippen MR) is 83.6 cm³/mol. The van der Waals surface area contributed by atoms with Gasteiger partial charge in [0, 0.05) is 37.5 Å². The van der Waals surface area contributed by atoms with Crippen molar-refractivity contribution in [3.05, 3.63) is 28.3 Å². The summed E-state index contributed by atoms with van der Waals surface area (Å²) in [6.07, 6.45) is 5.04. The van der Waals surface area contributed by atoms with Gasteiger partial charge >= 0.3 is 5.69 Å². The Balaban J connectivity index is 1.66. The van der Waals surface area contributed by atoms with Crippen molar-refractivity contribution in [2.24, 2.45) is 5.92 Å². The van der Waals surface area contributed by atoms with Gasteiger partial charge < -0.3 is 14.4 Å². The summed E-state index contributed by atoms with van der Waals surface area (Å²) in [5, 5.41) is 11.0. The summed E-state index contributed by atoms with van der Waals surface area (Å²) in [6, 6.07) is 5.11. The number of nitrogens with zero attached hydrogens (tertiary/aromatic N) is 2. The Morgan fingerprint density at radius 1 is 1.32 bits per heavy atom. The maximum absolute atomic E-state index is 11.0. The maximum atomic E-state index is 11.0. The van der Waals surface area contributed by atoms with Crippen LogP contribution in [0.15, 0.2) is 18.2 Å². The van der Waals surface area contributed by atoms with Gasteiger partial charge in [0.05, 0.1) is 18.1 Å². The lowest BCUT2D eigenvalue weighted by Gasteiger charge is -2.35. The molecule has 6 nitrogen and oxygen atoms in total. The second-order valence-electron chi connectivity index (χ2n) is 5.99. The third-order valence-corrected chi connectivity index (χ3v) is 4.76. The number of rotatable bonds is 4. The topological polar surface area (TPSA) is 64.8 Å². The monoisotopic (exact) mass is 306 g/mol. The highest BCUT2D eigenvalue weighted by atomic mass is 16.6. The molecule has 0 amide bonds. The molecule has 22 heavy (non-hydrogen) atoms. The molecule has 6 heteroatoms. The highest BCUT2D eigenvalue weighted by Gasteiger charge is 2.30. The van der Waals surface area contributed by atoms with E-state index < -0.39 is 4.92 Å². The molecule has 2 heterocycles. The number of methoxy groups -OCH3 is 1. The van der Waals surface area contributed by atoms with Gasteiger partial charge in [-0.2, -0.15) is 0 Å². The minimum absolute atomic E-state index is 0.0143. The molecule has 2 aliphatic rings. The minimum Gasteiger partial charge on any atom is -0.490 e. The first-order chi connectivity index (χ1) is 10.7. The van der Waals surface area contributed by atoms with Crippen molar-refractivity contribution in [2.75, 3.05) is 31.7 Å². The number of nitro benzene ring substituents is 1. The van der Waals surface area contributed by atoms with Gasteiger partial charge in [0.2, 0.25) is 0 Å². The number of benzene rings is 1. The molecule has 120 valence electrons. The highest BCUT2D eigenvalue weighted by molar-refractivity contribution is 5.59. The first-order valence-electron chi connectivity index (χ1n) is 7.88. The van der Waals surface area contributed by atoms with E-state index in [0.717, 1.165) is 38.2 Å². The van der Waals surface area contributed by atoms with E-state index in [1.54, 1.807) is 6.07 Å². The highest BCUT2D eigenvalue weighted by Crippen LogP contribution is 2.34. The van der Waals surface area contributed by atoms with E-state index in [0.29, 0.717) is 17.8 Å². The standard InChI is InChI=1S/C16H22N2O4/c1-21-16-11-13(4-5-14(16)18(19)20)17-8-6-12(7-9-17)15-3-2-10-22-15/h4-5,11-12,15H,2-3,6-10H2,1H3. The molecular formula is C16H22N2O4. The van der Waals surface area contributed by atoms with E-state index in [1.165, 1.54) is 26.0 Å². The Hall–Kier alpha value is -1.82. The van der Waals surface area contributed by atoms with Crippen LogP contribution in [0.25, 0.3) is 0 Å². The van der Waals surface area contributed by atoms with Crippen molar-refractivity contribution >= 4 is 11.4 Å². The van der Waals surface area contributed by atoms with Gasteiger partial charge in [-0.3, -0.25) is 10.1 Å². The van der Waals surface area contributed by atoms with Crippen LogP contribution in [-0.4, -0.2) is 37.8 Å². The van der Waals surface area contributed by atoms with Crippen LogP contribution in [0.2, 0.25) is 0 Å². The van der Waals surface area contributed by atoms with Crippen LogP contribution < -0.4 is 9.64 Å². The fourth-order valence-corrected chi connectivity index (χ4v) is 3.52. The van der Waals surface area contributed by atoms with Crippen molar-refractivity contribution in [1.82, 2.24) is 0 Å². The van der Waals surface area contributed by atoms with Gasteiger partial charge in [0.25, 0.3) is 0 Å². The lowest BCUT2D eigenvalue weighted by atomic mass is 9.89. The molecule has 1 aromatic carbocycles. The summed E-state index contributed by atoms with van der Waals surface area (Å²) in [6.45, 7) is 2.83. The number of hydrogen-bond donors (Lipinski definition) is 0. The zero-order valence-corrected chi connectivity index (χ0v) is 12.9. The smallest absolute Gasteiger partial charge is 0.311 e. The van der Waals surface area contributed by atoms with E-state index in [-0.39, 0.29) is 5.69 Å². The van der Waals surface area contributed by atoms with Gasteiger partial charge in [-0.05, 0) is 37.7 Å². The van der Waals surface area contributed by atoms with Crippen molar-refractivity contribution in [3.63, 3.8) is 0 Å². The molecule has 0 saturated carbocycles. The average molecular weight is 306 g/mol. The third kappa shape index (κ3) is 3.02. The van der Waals surface area contributed by atoms with E-state index in [2.05, 4.69) is 4.90 Å². The van der Waals surface area contributed by atoms with Crippen LogP contribution in [0, 0.1) is 16.0 Å². The molecule has 0 N–H and O–H groups in total. The second kappa shape index (κ2) is 6.52. The zero-order chi connectivity index (χ0) is 15.5. The fourth-order valence-electron chi connectivity index (χ4n) is 3.52. The van der Waals surface area contributed by atoms with E-state index in [1.807, 2.05) is 6.07 Å². The summed E-state index contributed by atoms with van der Waals surface area (Å²) < 4.78 is 11.0. The fraction of sp³-hybridized carbons (Fsp3) is 0.625. The third-order valence-electron chi connectivity index (χ3n) is 4.76. The molecule has 0 bridgehead atoms. The van der Waals surface area contributed by atoms with Gasteiger partial charge in [-0.15, -0.1) is 0 Å². The Labute approximate surface area is 130 Å². The average Bonchev–Trinajstić information content (AvgIpc) is 3.08. The first-order valence-corrected chi connectivity index (χ1v) is 7.88. The molecule has 2 aliphatic heterocycles. The SMILES string of the molecule is COc1cc(N2CCC(C3CCCO3)CC2)ccc1[N+](=O)[O-]. The van der Waals surface area contributed by atoms with E-state index in [9.17, 15) is 10.1 Å². The maximum Gasteiger partial charge on any atom is 0.311 e. The van der Waals surface area contributed by atoms with Crippen LogP contribution >= 0.6 is 0 Å². The van der Waals surface area contributed by atoms with Gasteiger partial charge in [-0.25, -0.2) is 0 Å². The molecule has 0 radical (unpaired) electrons. The summed E-state index contributed by atoms with van der Waals surface area (Å²) >= 11 is 0. The number of ether oxygens (including phenoxy) is 2. The van der Waals surface area contributed by atoms with Crippen molar-refractivity contribution in [3.8, 4) is 5.75 Å². The summed E-state index contributed by atoms with van der Waals surface area (Å²) in [7, 11) is 1.47. The van der Waals surface area contributed by atoms with Crippen LogP contribution in [-0.2, 0) is 4.74 Å². The predicted octanol–water partition coefficient (Wildman–Crippen LogP) is 3.00. The molecule has 2 saturated heterocycles. The second-order valence-corrected chi connectivity index (χ2v) is 5.99. The van der Waals surface area contributed by atoms with Gasteiger partial charge in [-0.1, -0.05) is 0 Å². The normalized spacial score (nSPS) is 22.8. The molecule has 1 atom stereocenters. The van der Waals surface area contributed by atoms with E-state index in [4.69, 9.17) is 9.47 Å². The Bertz CT molecular complexity index is 535. The Morgan fingerprint density at radius 2 is 2.09 bits per heavy atom. The number of hydrogen-bond acceptors (Lipinski definition) is 5. The van der Waals surface area contributed by atoms with Crippen LogP contribution in [0.1, 0.15) is 25.7 Å². The number of piperidine rings is 1. The molecule has 1 aromatic rings. The molecular weight excluding hydrogens is 284 g/mol. The summed E-state index contributed by atoms with van der Waals surface area (Å²) in [4.78, 5) is 12.8. The van der Waals surface area contributed by atoms with Crippen molar-refractivity contribution in [2.45, 2.75) is 31.8 Å². The van der Waals surface area contributed by atoms with Crippen LogP contribution in [0.5, 0.6) is 5.75 Å². The van der Waals surface area contributed by atoms with Crippen LogP contribution in [0.3, 0.4) is 0 Å². The lowest BCUT2D eigenvalue weighted by Crippen LogP contribution is -2.37. The summed E-state index contributed by atoms with van der Waals surface area (Å²) in [5.41, 5.74) is 1.01. The number of nitro groups is 1. The molecule has 3 rings (SSSR count). The Kier molecular flexibility index (Phi) is 4.47. The minimum atomic E-state index is -0.410. The molecule has 0 aromatic heterocycles. The first kappa shape index (κ1) is 15.1.